The lowest BCUT2D eigenvalue weighted by Gasteiger charge is -2.18. The van der Waals surface area contributed by atoms with Crippen LogP contribution in [0.15, 0.2) is 24.3 Å². The highest BCUT2D eigenvalue weighted by atomic mass is 19.1. The highest BCUT2D eigenvalue weighted by molar-refractivity contribution is 5.67. The van der Waals surface area contributed by atoms with Crippen LogP contribution in [0.25, 0.3) is 0 Å². The molecule has 3 nitrogen and oxygen atoms in total. The van der Waals surface area contributed by atoms with Gasteiger partial charge in [-0.15, -0.1) is 0 Å². The number of hydrogen-bond acceptors (Lipinski definition) is 2. The minimum Gasteiger partial charge on any atom is -0.481 e. The normalized spacial score (nSPS) is 14.6. The van der Waals surface area contributed by atoms with Crippen molar-refractivity contribution < 1.29 is 14.3 Å². The minimum atomic E-state index is -0.894. The lowest BCUT2D eigenvalue weighted by Crippen LogP contribution is -2.21. The molecule has 4 heteroatoms. The summed E-state index contributed by atoms with van der Waals surface area (Å²) in [5.74, 6) is -1.47. The molecule has 0 saturated heterocycles. The molecule has 2 unspecified atom stereocenters. The van der Waals surface area contributed by atoms with Crippen LogP contribution < -0.4 is 5.73 Å². The molecular weight excluding hydrogens is 197 g/mol. The van der Waals surface area contributed by atoms with Gasteiger partial charge in [-0.25, -0.2) is 4.39 Å². The van der Waals surface area contributed by atoms with Crippen LogP contribution in [0.1, 0.15) is 24.9 Å². The van der Waals surface area contributed by atoms with Gasteiger partial charge in [0.2, 0.25) is 0 Å². The number of carboxylic acid groups (broad SMARTS) is 1. The molecule has 0 amide bonds. The van der Waals surface area contributed by atoms with E-state index in [2.05, 4.69) is 0 Å². The molecule has 0 aliphatic heterocycles. The van der Waals surface area contributed by atoms with E-state index in [-0.39, 0.29) is 18.2 Å². The number of halogens is 1. The molecule has 0 aromatic heterocycles. The molecule has 0 saturated carbocycles. The monoisotopic (exact) mass is 211 g/mol. The van der Waals surface area contributed by atoms with E-state index < -0.39 is 12.0 Å². The van der Waals surface area contributed by atoms with E-state index in [1.54, 1.807) is 19.1 Å². The Morgan fingerprint density at radius 3 is 2.80 bits per heavy atom. The summed E-state index contributed by atoms with van der Waals surface area (Å²) in [6.07, 6.45) is -0.0162. The number of carbonyl (C=O) groups is 1. The van der Waals surface area contributed by atoms with Crippen LogP contribution in [-0.4, -0.2) is 11.1 Å². The van der Waals surface area contributed by atoms with Crippen molar-refractivity contribution in [3.63, 3.8) is 0 Å². The van der Waals surface area contributed by atoms with E-state index in [4.69, 9.17) is 10.8 Å². The first-order valence-corrected chi connectivity index (χ1v) is 4.73. The maximum absolute atomic E-state index is 12.9. The quantitative estimate of drug-likeness (QED) is 0.799. The number of rotatable bonds is 4. The van der Waals surface area contributed by atoms with Crippen LogP contribution in [0.2, 0.25) is 0 Å². The van der Waals surface area contributed by atoms with Gasteiger partial charge in [0, 0.05) is 12.5 Å². The first kappa shape index (κ1) is 11.7. The van der Waals surface area contributed by atoms with Gasteiger partial charge < -0.3 is 10.8 Å². The van der Waals surface area contributed by atoms with Crippen LogP contribution in [0.5, 0.6) is 0 Å². The zero-order chi connectivity index (χ0) is 11.4. The molecule has 3 N–H and O–H groups in total. The van der Waals surface area contributed by atoms with Gasteiger partial charge in [-0.2, -0.15) is 0 Å². The van der Waals surface area contributed by atoms with E-state index in [1.807, 2.05) is 0 Å². The van der Waals surface area contributed by atoms with Gasteiger partial charge in [-0.1, -0.05) is 19.1 Å². The molecule has 82 valence electrons. The molecule has 1 rings (SSSR count). The second-order valence-corrected chi connectivity index (χ2v) is 3.66. The molecule has 15 heavy (non-hydrogen) atoms. The number of carboxylic acids is 1. The van der Waals surface area contributed by atoms with Crippen molar-refractivity contribution in [2.45, 2.75) is 19.4 Å². The molecule has 2 atom stereocenters. The van der Waals surface area contributed by atoms with E-state index in [0.29, 0.717) is 5.56 Å². The largest absolute Gasteiger partial charge is 0.481 e. The first-order chi connectivity index (χ1) is 7.00. The zero-order valence-electron chi connectivity index (χ0n) is 8.48. The van der Waals surface area contributed by atoms with Gasteiger partial charge in [0.25, 0.3) is 0 Å². The summed E-state index contributed by atoms with van der Waals surface area (Å²) < 4.78 is 12.9. The van der Waals surface area contributed by atoms with E-state index in [1.165, 1.54) is 12.1 Å². The molecule has 0 aliphatic carbocycles. The highest BCUT2D eigenvalue weighted by Gasteiger charge is 2.17. The van der Waals surface area contributed by atoms with E-state index in [0.717, 1.165) is 0 Å². The Bertz CT molecular complexity index is 354. The Morgan fingerprint density at radius 1 is 1.60 bits per heavy atom. The van der Waals surface area contributed by atoms with Crippen molar-refractivity contribution in [2.24, 2.45) is 11.7 Å². The maximum Gasteiger partial charge on any atom is 0.303 e. The summed E-state index contributed by atoms with van der Waals surface area (Å²) in [6.45, 7) is 1.74. The maximum atomic E-state index is 12.9. The number of benzene rings is 1. The predicted molar refractivity (Wildman–Crippen MR) is 54.7 cm³/mol. The number of nitrogens with two attached hydrogens (primary N) is 1. The Balaban J connectivity index is 2.75. The fourth-order valence-corrected chi connectivity index (χ4v) is 1.44. The van der Waals surface area contributed by atoms with Crippen molar-refractivity contribution in [3.8, 4) is 0 Å². The zero-order valence-corrected chi connectivity index (χ0v) is 8.48. The van der Waals surface area contributed by atoms with Crippen LogP contribution >= 0.6 is 0 Å². The Kier molecular flexibility index (Phi) is 3.80. The summed E-state index contributed by atoms with van der Waals surface area (Å²) in [4.78, 5) is 10.5. The van der Waals surface area contributed by atoms with Gasteiger partial charge in [0.15, 0.2) is 0 Å². The summed E-state index contributed by atoms with van der Waals surface area (Å²) in [5, 5.41) is 8.60. The van der Waals surface area contributed by atoms with Crippen LogP contribution in [-0.2, 0) is 4.79 Å². The topological polar surface area (TPSA) is 63.3 Å². The van der Waals surface area contributed by atoms with Crippen LogP contribution in [0.4, 0.5) is 4.39 Å². The third-order valence-corrected chi connectivity index (χ3v) is 2.34. The third kappa shape index (κ3) is 3.32. The first-order valence-electron chi connectivity index (χ1n) is 4.73. The summed E-state index contributed by atoms with van der Waals surface area (Å²) in [6, 6.07) is 5.49. The SMILES string of the molecule is CC(CC(=O)O)C(N)c1cccc(F)c1. The fourth-order valence-electron chi connectivity index (χ4n) is 1.44. The van der Waals surface area contributed by atoms with Crippen molar-refractivity contribution in [2.75, 3.05) is 0 Å². The second kappa shape index (κ2) is 4.89. The second-order valence-electron chi connectivity index (χ2n) is 3.66. The van der Waals surface area contributed by atoms with Crippen molar-refractivity contribution in [1.82, 2.24) is 0 Å². The van der Waals surface area contributed by atoms with Crippen molar-refractivity contribution in [3.05, 3.63) is 35.6 Å². The van der Waals surface area contributed by atoms with Crippen molar-refractivity contribution >= 4 is 5.97 Å². The average Bonchev–Trinajstić information content (AvgIpc) is 2.15. The lowest BCUT2D eigenvalue weighted by molar-refractivity contribution is -0.138. The lowest BCUT2D eigenvalue weighted by atomic mass is 9.93. The third-order valence-electron chi connectivity index (χ3n) is 2.34. The standard InChI is InChI=1S/C11H14FNO2/c1-7(5-10(14)15)11(13)8-3-2-4-9(12)6-8/h2-4,6-7,11H,5,13H2,1H3,(H,14,15). The smallest absolute Gasteiger partial charge is 0.303 e. The van der Waals surface area contributed by atoms with E-state index >= 15 is 0 Å². The molecule has 0 heterocycles. The van der Waals surface area contributed by atoms with Gasteiger partial charge in [-0.3, -0.25) is 4.79 Å². The molecule has 1 aromatic carbocycles. The minimum absolute atomic E-state index is 0.0162. The summed E-state index contributed by atoms with van der Waals surface area (Å²) >= 11 is 0. The predicted octanol–water partition coefficient (Wildman–Crippen LogP) is 1.94. The average molecular weight is 211 g/mol. The summed E-state index contributed by atoms with van der Waals surface area (Å²) in [5.41, 5.74) is 6.45. The van der Waals surface area contributed by atoms with Crippen LogP contribution in [0, 0.1) is 11.7 Å². The van der Waals surface area contributed by atoms with Gasteiger partial charge in [-0.05, 0) is 23.6 Å². The molecule has 0 aliphatic rings. The molecule has 0 radical (unpaired) electrons. The Hall–Kier alpha value is -1.42. The number of aliphatic carboxylic acids is 1. The Labute approximate surface area is 87.7 Å². The van der Waals surface area contributed by atoms with Gasteiger partial charge in [0.05, 0.1) is 0 Å². The van der Waals surface area contributed by atoms with Gasteiger partial charge in [0.1, 0.15) is 5.82 Å². The highest BCUT2D eigenvalue weighted by Crippen LogP contribution is 2.22. The molecular formula is C11H14FNO2. The summed E-state index contributed by atoms with van der Waals surface area (Å²) in [7, 11) is 0. The van der Waals surface area contributed by atoms with E-state index in [9.17, 15) is 9.18 Å². The molecule has 0 fully saturated rings. The molecule has 0 bridgehead atoms. The Morgan fingerprint density at radius 2 is 2.27 bits per heavy atom. The fraction of sp³-hybridized carbons (Fsp3) is 0.364. The van der Waals surface area contributed by atoms with Gasteiger partial charge >= 0.3 is 5.97 Å². The van der Waals surface area contributed by atoms with Crippen LogP contribution in [0.3, 0.4) is 0 Å². The molecule has 0 spiro atoms. The molecule has 1 aromatic rings. The van der Waals surface area contributed by atoms with Crippen molar-refractivity contribution in [1.29, 1.82) is 0 Å². The number of hydrogen-bond donors (Lipinski definition) is 2.